The predicted octanol–water partition coefficient (Wildman–Crippen LogP) is 15.6. The largest absolute Gasteiger partial charge is 0.379 e. The highest BCUT2D eigenvalue weighted by atomic mass is 16.5. The van der Waals surface area contributed by atoms with Crippen molar-refractivity contribution in [2.24, 2.45) is 0 Å². The molecule has 0 unspecified atom stereocenters. The third kappa shape index (κ3) is 25.8. The molecule has 16 aromatic rings. The third-order valence-electron chi connectivity index (χ3n) is 24.6. The molecule has 4 aliphatic heterocycles. The normalized spacial score (nSPS) is 14.4. The topological polar surface area (TPSA) is 349 Å². The van der Waals surface area contributed by atoms with Gasteiger partial charge >= 0.3 is 0 Å². The van der Waals surface area contributed by atoms with E-state index in [0.29, 0.717) is 28.5 Å². The fourth-order valence-corrected chi connectivity index (χ4v) is 17.5. The van der Waals surface area contributed by atoms with Gasteiger partial charge in [0.1, 0.15) is 5.82 Å². The SMILES string of the molecule is CN(C)Cc1ccc(NC(=O)c2n[nH]c3ccc(-c4cncc(CN5CCCCC5)c4)cc23)cc1.CN(C)Cc1ccc(NC(=O)c2n[nH]c3ccc(-c4cncc(CN5CCOCC5)c4)cc23)cc1.CN(C)Cc1cccc(NC(=O)c2n[nH]c3ccc(-c4cncc(CN5CCOCC5)c4)cc23)c1.CN(C)c1ccc(NC(=O)c2n[nH]c3ccc(-c4cncc(CN5CCOCC5)c4)cc23)cn1. The van der Waals surface area contributed by atoms with E-state index in [1.165, 1.54) is 36.0 Å². The molecule has 0 radical (unpaired) electrons. The van der Waals surface area contributed by atoms with Crippen molar-refractivity contribution in [3.05, 3.63) is 299 Å². The van der Waals surface area contributed by atoms with E-state index in [1.54, 1.807) is 6.20 Å². The molecule has 32 nitrogen and oxygen atoms in total. The Balaban J connectivity index is 0.000000128. The maximum absolute atomic E-state index is 13.1. The third-order valence-corrected chi connectivity index (χ3v) is 24.6. The summed E-state index contributed by atoms with van der Waals surface area (Å²) in [7, 11) is 16.0. The molecule has 13 heterocycles. The summed E-state index contributed by atoms with van der Waals surface area (Å²) in [4.78, 5) is 92.3. The van der Waals surface area contributed by atoms with E-state index in [9.17, 15) is 19.2 Å². The number of H-pyrrole nitrogens is 4. The van der Waals surface area contributed by atoms with Crippen LogP contribution in [0, 0.1) is 0 Å². The number of carbonyl (C=O) groups is 4. The number of rotatable bonds is 27. The Morgan fingerprint density at radius 2 is 0.604 bits per heavy atom. The lowest BCUT2D eigenvalue weighted by Crippen LogP contribution is -2.35. The van der Waals surface area contributed by atoms with Crippen molar-refractivity contribution in [2.45, 2.75) is 65.1 Å². The molecule has 0 saturated carbocycles. The average molecular weight is 1870 g/mol. The van der Waals surface area contributed by atoms with E-state index < -0.39 is 0 Å². The van der Waals surface area contributed by atoms with Gasteiger partial charge in [-0.05, 0) is 251 Å². The molecular formula is C107H119N25O7. The quantitative estimate of drug-likeness (QED) is 0.0237. The Bertz CT molecular complexity index is 6670. The van der Waals surface area contributed by atoms with E-state index in [0.717, 1.165) is 271 Å². The number of anilines is 5. The molecule has 0 bridgehead atoms. The van der Waals surface area contributed by atoms with Crippen LogP contribution in [0.1, 0.15) is 100 Å². The molecule has 20 rings (SSSR count). The second-order valence-corrected chi connectivity index (χ2v) is 36.6. The first-order valence-electron chi connectivity index (χ1n) is 47.1. The van der Waals surface area contributed by atoms with Crippen molar-refractivity contribution in [2.75, 3.05) is 175 Å². The smallest absolute Gasteiger partial charge is 0.276 e. The number of amides is 4. The van der Waals surface area contributed by atoms with E-state index in [4.69, 9.17) is 14.2 Å². The van der Waals surface area contributed by atoms with Crippen molar-refractivity contribution in [1.82, 2.24) is 100 Å². The molecule has 9 aromatic heterocycles. The predicted molar refractivity (Wildman–Crippen MR) is 547 cm³/mol. The minimum atomic E-state index is -0.290. The minimum Gasteiger partial charge on any atom is -0.379 e. The molecule has 7 aromatic carbocycles. The van der Waals surface area contributed by atoms with E-state index >= 15 is 0 Å². The molecule has 4 aliphatic rings. The lowest BCUT2D eigenvalue weighted by atomic mass is 10.0. The number of benzene rings is 7. The van der Waals surface area contributed by atoms with Crippen LogP contribution in [-0.4, -0.2) is 272 Å². The highest BCUT2D eigenvalue weighted by Gasteiger charge is 2.24. The number of aromatic nitrogens is 13. The number of likely N-dealkylation sites (tertiary alicyclic amines) is 1. The number of morpholine rings is 3. The van der Waals surface area contributed by atoms with Gasteiger partial charge in [-0.3, -0.25) is 79.1 Å². The zero-order valence-corrected chi connectivity index (χ0v) is 79.9. The van der Waals surface area contributed by atoms with Crippen LogP contribution in [0.3, 0.4) is 0 Å². The number of pyridine rings is 5. The van der Waals surface area contributed by atoms with Crippen LogP contribution in [0.2, 0.25) is 0 Å². The summed E-state index contributed by atoms with van der Waals surface area (Å²) in [6.07, 6.45) is 20.7. The first-order valence-corrected chi connectivity index (χ1v) is 47.1. The van der Waals surface area contributed by atoms with Gasteiger partial charge in [0, 0.05) is 210 Å². The molecule has 0 spiro atoms. The summed E-state index contributed by atoms with van der Waals surface area (Å²) in [5.74, 6) is -0.187. The Labute approximate surface area is 808 Å². The average Bonchev–Trinajstić information content (AvgIpc) is 1.68. The number of nitrogens with one attached hydrogen (secondary N) is 8. The Hall–Kier alpha value is -14.6. The molecular weight excluding hydrogens is 1750 g/mol. The molecule has 4 amide bonds. The van der Waals surface area contributed by atoms with Crippen molar-refractivity contribution in [3.8, 4) is 44.5 Å². The van der Waals surface area contributed by atoms with Gasteiger partial charge in [-0.1, -0.05) is 67.1 Å². The Morgan fingerprint density at radius 1 is 0.295 bits per heavy atom. The molecule has 0 atom stereocenters. The summed E-state index contributed by atoms with van der Waals surface area (Å²) in [6.45, 7) is 18.5. The van der Waals surface area contributed by atoms with Crippen molar-refractivity contribution < 1.29 is 33.4 Å². The van der Waals surface area contributed by atoms with E-state index in [2.05, 4.69) is 146 Å². The lowest BCUT2D eigenvalue weighted by Gasteiger charge is -2.26. The second kappa shape index (κ2) is 46.1. The Kier molecular flexibility index (Phi) is 31.9. The van der Waals surface area contributed by atoms with Gasteiger partial charge in [0.05, 0.1) is 73.6 Å². The summed E-state index contributed by atoms with van der Waals surface area (Å²) < 4.78 is 16.3. The number of fused-ring (bicyclic) bond motifs is 4. The minimum absolute atomic E-state index is 0.231. The maximum Gasteiger partial charge on any atom is 0.276 e. The van der Waals surface area contributed by atoms with E-state index in [-0.39, 0.29) is 23.6 Å². The van der Waals surface area contributed by atoms with Gasteiger partial charge in [-0.25, -0.2) is 4.98 Å². The van der Waals surface area contributed by atoms with Crippen LogP contribution in [0.5, 0.6) is 0 Å². The first kappa shape index (κ1) is 96.1. The zero-order valence-electron chi connectivity index (χ0n) is 79.9. The number of hydrogen-bond donors (Lipinski definition) is 8. The summed E-state index contributed by atoms with van der Waals surface area (Å²) >= 11 is 0. The molecule has 4 saturated heterocycles. The fourth-order valence-electron chi connectivity index (χ4n) is 17.5. The fraction of sp³-hybridized carbons (Fsp3) is 0.299. The monoisotopic (exact) mass is 1870 g/mol. The van der Waals surface area contributed by atoms with Crippen LogP contribution >= 0.6 is 0 Å². The van der Waals surface area contributed by atoms with Crippen LogP contribution in [-0.2, 0) is 60.0 Å². The zero-order chi connectivity index (χ0) is 96.1. The Morgan fingerprint density at radius 3 is 0.921 bits per heavy atom. The number of aromatic amines is 4. The number of ether oxygens (including phenoxy) is 3. The van der Waals surface area contributed by atoms with Crippen molar-refractivity contribution in [3.63, 3.8) is 0 Å². The molecule has 0 aliphatic carbocycles. The van der Waals surface area contributed by atoms with Gasteiger partial charge in [0.15, 0.2) is 22.8 Å². The molecule has 32 heteroatoms. The van der Waals surface area contributed by atoms with Crippen LogP contribution in [0.15, 0.2) is 238 Å². The van der Waals surface area contributed by atoms with Gasteiger partial charge in [-0.15, -0.1) is 0 Å². The molecule has 714 valence electrons. The van der Waals surface area contributed by atoms with Crippen molar-refractivity contribution in [1.29, 1.82) is 0 Å². The number of nitrogens with zero attached hydrogens (tertiary/aromatic N) is 17. The second-order valence-electron chi connectivity index (χ2n) is 36.6. The van der Waals surface area contributed by atoms with Gasteiger partial charge in [-0.2, -0.15) is 20.4 Å². The van der Waals surface area contributed by atoms with Gasteiger partial charge < -0.3 is 55.1 Å². The van der Waals surface area contributed by atoms with Gasteiger partial charge in [0.25, 0.3) is 23.6 Å². The summed E-state index contributed by atoms with van der Waals surface area (Å²) in [5.41, 5.74) is 23.9. The summed E-state index contributed by atoms with van der Waals surface area (Å²) in [5, 5.41) is 44.0. The first-order chi connectivity index (χ1) is 67.7. The number of carbonyl (C=O) groups excluding carboxylic acids is 4. The maximum atomic E-state index is 13.1. The molecule has 139 heavy (non-hydrogen) atoms. The number of hydrogen-bond acceptors (Lipinski definition) is 24. The standard InChI is InChI=1S/C28H32N6O.2C27H30N6O2.C25H27N7O2/c1-33(2)18-20-6-9-24(10-7-20)30-28(35)27-25-15-22(8-11-26(25)31-32-27)23-14-21(16-29-17-23)19-34-12-4-3-5-13-34;1-32(2)17-19-3-6-23(7-4-19)29-27(34)26-24-14-21(5-8-25(24)30-31-26)22-13-20(15-28-16-22)18-33-9-11-35-12-10-33;1-32(2)17-19-4-3-5-23(13-19)29-27(34)26-24-14-21(6-7-25(24)30-31-26)22-12-20(15-28-16-22)18-33-8-10-35-11-9-33;1-31(2)23-6-4-20(15-27-23)28-25(33)24-21-12-18(3-5-22(21)29-30-24)19-11-17(13-26-14-19)16-32-7-9-34-10-8-32/h6-11,14-17H,3-5,12-13,18-19H2,1-2H3,(H,30,35)(H,31,32);3-8,13-16H,9-12,17-18H2,1-2H3,(H,29,34)(H,30,31);3-7,12-16H,8-11,17-18H2,1-2H3,(H,29,34)(H,30,31);3-6,11-15H,7-10,16H2,1-2H3,(H,28,33)(H,29,30). The molecule has 8 N–H and O–H groups in total. The van der Waals surface area contributed by atoms with Crippen LogP contribution in [0.4, 0.5) is 28.6 Å². The number of piperidine rings is 1. The van der Waals surface area contributed by atoms with Crippen molar-refractivity contribution >= 4 is 95.8 Å². The van der Waals surface area contributed by atoms with Crippen LogP contribution < -0.4 is 26.2 Å². The molecule has 4 fully saturated rings. The van der Waals surface area contributed by atoms with E-state index in [1.807, 2.05) is 269 Å². The van der Waals surface area contributed by atoms with Gasteiger partial charge in [0.2, 0.25) is 0 Å². The van der Waals surface area contributed by atoms with Crippen LogP contribution in [0.25, 0.3) is 88.1 Å². The highest BCUT2D eigenvalue weighted by Crippen LogP contribution is 2.34. The highest BCUT2D eigenvalue weighted by molar-refractivity contribution is 6.14. The summed E-state index contributed by atoms with van der Waals surface area (Å²) in [6, 6.07) is 60.0. The lowest BCUT2D eigenvalue weighted by molar-refractivity contribution is 0.0341.